The Morgan fingerprint density at radius 3 is 2.71 bits per heavy atom. The number of hydrogen-bond donors (Lipinski definition) is 1. The van der Waals surface area contributed by atoms with E-state index in [1.165, 1.54) is 5.56 Å². The van der Waals surface area contributed by atoms with Crippen LogP contribution in [0.4, 0.5) is 5.82 Å². The molecule has 0 aliphatic carbocycles. The number of anilines is 1. The van der Waals surface area contributed by atoms with Gasteiger partial charge in [0.25, 0.3) is 0 Å². The fourth-order valence-electron chi connectivity index (χ4n) is 1.80. The normalized spacial score (nSPS) is 11.1. The molecule has 0 spiro atoms. The molecule has 0 radical (unpaired) electrons. The van der Waals surface area contributed by atoms with Crippen LogP contribution in [0.15, 0.2) is 41.1 Å². The minimum atomic E-state index is 0.617. The molecule has 3 rings (SSSR count). The lowest BCUT2D eigenvalue weighted by Crippen LogP contribution is -2.00. The van der Waals surface area contributed by atoms with E-state index in [4.69, 9.17) is 4.52 Å². The molecule has 0 amide bonds. The van der Waals surface area contributed by atoms with Gasteiger partial charge in [0.2, 0.25) is 0 Å². The highest BCUT2D eigenvalue weighted by atomic mass is 16.5. The number of nitrogens with zero attached hydrogens (tertiary/aromatic N) is 5. The van der Waals surface area contributed by atoms with Gasteiger partial charge in [-0.15, -0.1) is 5.10 Å². The molecule has 0 fully saturated rings. The SMILES string of the molecule is Cc1ccc(-n2nnnc2C=CNc2cc(C)on2)cc1. The second-order valence-corrected chi connectivity index (χ2v) is 4.58. The number of aromatic nitrogens is 5. The summed E-state index contributed by atoms with van der Waals surface area (Å²) in [5.74, 6) is 2.00. The largest absolute Gasteiger partial charge is 0.360 e. The number of tetrazole rings is 1. The van der Waals surface area contributed by atoms with Crippen LogP contribution >= 0.6 is 0 Å². The van der Waals surface area contributed by atoms with Crippen molar-refractivity contribution in [1.29, 1.82) is 0 Å². The predicted octanol–water partition coefficient (Wildman–Crippen LogP) is 2.35. The van der Waals surface area contributed by atoms with Gasteiger partial charge in [0.05, 0.1) is 5.69 Å². The maximum Gasteiger partial charge on any atom is 0.181 e. The summed E-state index contributed by atoms with van der Waals surface area (Å²) in [6, 6.07) is 9.77. The zero-order valence-corrected chi connectivity index (χ0v) is 11.7. The van der Waals surface area contributed by atoms with Crippen molar-refractivity contribution >= 4 is 11.9 Å². The average molecular weight is 282 g/mol. The van der Waals surface area contributed by atoms with Crippen molar-refractivity contribution in [2.75, 3.05) is 5.32 Å². The van der Waals surface area contributed by atoms with Crippen LogP contribution in [0.25, 0.3) is 11.8 Å². The molecule has 0 aliphatic heterocycles. The summed E-state index contributed by atoms with van der Waals surface area (Å²) in [6.07, 6.45) is 3.48. The molecular formula is C14H14N6O. The molecule has 106 valence electrons. The summed E-state index contributed by atoms with van der Waals surface area (Å²) in [7, 11) is 0. The van der Waals surface area contributed by atoms with Crippen molar-refractivity contribution in [2.45, 2.75) is 13.8 Å². The van der Waals surface area contributed by atoms with E-state index in [0.29, 0.717) is 11.6 Å². The molecule has 1 aromatic carbocycles. The van der Waals surface area contributed by atoms with E-state index in [1.54, 1.807) is 23.0 Å². The average Bonchev–Trinajstić information content (AvgIpc) is 3.09. The first-order valence-electron chi connectivity index (χ1n) is 6.44. The minimum Gasteiger partial charge on any atom is -0.360 e. The molecule has 2 heterocycles. The Morgan fingerprint density at radius 1 is 1.19 bits per heavy atom. The molecular weight excluding hydrogens is 268 g/mol. The summed E-state index contributed by atoms with van der Waals surface area (Å²) < 4.78 is 6.62. The van der Waals surface area contributed by atoms with Gasteiger partial charge >= 0.3 is 0 Å². The summed E-state index contributed by atoms with van der Waals surface area (Å²) in [4.78, 5) is 0. The van der Waals surface area contributed by atoms with Crippen LogP contribution in [0.5, 0.6) is 0 Å². The zero-order chi connectivity index (χ0) is 14.7. The Labute approximate surface area is 121 Å². The van der Waals surface area contributed by atoms with E-state index < -0.39 is 0 Å². The van der Waals surface area contributed by atoms with E-state index in [0.717, 1.165) is 11.4 Å². The quantitative estimate of drug-likeness (QED) is 0.791. The number of benzene rings is 1. The van der Waals surface area contributed by atoms with E-state index in [9.17, 15) is 0 Å². The molecule has 2 aromatic heterocycles. The molecule has 0 aliphatic rings. The predicted molar refractivity (Wildman–Crippen MR) is 77.8 cm³/mol. The van der Waals surface area contributed by atoms with Crippen molar-refractivity contribution in [3.05, 3.63) is 53.7 Å². The topological polar surface area (TPSA) is 81.7 Å². The highest BCUT2D eigenvalue weighted by Gasteiger charge is 2.04. The van der Waals surface area contributed by atoms with Gasteiger partial charge in [0.15, 0.2) is 11.6 Å². The molecule has 0 saturated carbocycles. The van der Waals surface area contributed by atoms with Crippen molar-refractivity contribution in [3.63, 3.8) is 0 Å². The monoisotopic (exact) mass is 282 g/mol. The first kappa shape index (κ1) is 13.0. The van der Waals surface area contributed by atoms with Gasteiger partial charge in [-0.1, -0.05) is 22.9 Å². The third-order valence-corrected chi connectivity index (χ3v) is 2.86. The fourth-order valence-corrected chi connectivity index (χ4v) is 1.80. The van der Waals surface area contributed by atoms with Gasteiger partial charge in [0, 0.05) is 18.3 Å². The Kier molecular flexibility index (Phi) is 3.46. The van der Waals surface area contributed by atoms with E-state index in [1.807, 2.05) is 38.1 Å². The van der Waals surface area contributed by atoms with Crippen LogP contribution in [0.1, 0.15) is 17.1 Å². The lowest BCUT2D eigenvalue weighted by molar-refractivity contribution is 0.400. The van der Waals surface area contributed by atoms with Gasteiger partial charge in [-0.2, -0.15) is 4.68 Å². The Bertz CT molecular complexity index is 756. The highest BCUT2D eigenvalue weighted by Crippen LogP contribution is 2.11. The zero-order valence-electron chi connectivity index (χ0n) is 11.7. The molecule has 0 unspecified atom stereocenters. The highest BCUT2D eigenvalue weighted by molar-refractivity contribution is 5.49. The second-order valence-electron chi connectivity index (χ2n) is 4.58. The lowest BCUT2D eigenvalue weighted by Gasteiger charge is -2.01. The third kappa shape index (κ3) is 2.97. The summed E-state index contributed by atoms with van der Waals surface area (Å²) in [5, 5.41) is 18.5. The number of rotatable bonds is 4. The van der Waals surface area contributed by atoms with E-state index >= 15 is 0 Å². The van der Waals surface area contributed by atoms with Crippen molar-refractivity contribution in [1.82, 2.24) is 25.4 Å². The third-order valence-electron chi connectivity index (χ3n) is 2.86. The van der Waals surface area contributed by atoms with Crippen molar-refractivity contribution in [3.8, 4) is 5.69 Å². The molecule has 1 N–H and O–H groups in total. The smallest absolute Gasteiger partial charge is 0.181 e. The van der Waals surface area contributed by atoms with Crippen LogP contribution in [0, 0.1) is 13.8 Å². The van der Waals surface area contributed by atoms with Crippen LogP contribution in [-0.4, -0.2) is 25.4 Å². The molecule has 21 heavy (non-hydrogen) atoms. The maximum absolute atomic E-state index is 4.96. The van der Waals surface area contributed by atoms with E-state index in [2.05, 4.69) is 26.0 Å². The number of aryl methyl sites for hydroxylation is 2. The second kappa shape index (κ2) is 5.58. The van der Waals surface area contributed by atoms with Crippen LogP contribution in [0.3, 0.4) is 0 Å². The summed E-state index contributed by atoms with van der Waals surface area (Å²) >= 11 is 0. The molecule has 0 atom stereocenters. The lowest BCUT2D eigenvalue weighted by atomic mass is 10.2. The van der Waals surface area contributed by atoms with E-state index in [-0.39, 0.29) is 0 Å². The number of hydrogen-bond acceptors (Lipinski definition) is 6. The number of nitrogens with one attached hydrogen (secondary N) is 1. The molecule has 0 bridgehead atoms. The van der Waals surface area contributed by atoms with Crippen LogP contribution < -0.4 is 5.32 Å². The Hall–Kier alpha value is -2.96. The van der Waals surface area contributed by atoms with Gasteiger partial charge in [-0.3, -0.25) is 0 Å². The minimum absolute atomic E-state index is 0.617. The van der Waals surface area contributed by atoms with Gasteiger partial charge < -0.3 is 9.84 Å². The molecule has 7 nitrogen and oxygen atoms in total. The molecule has 7 heteroatoms. The standard InChI is InChI=1S/C14H14N6O/c1-10-3-5-12(6-4-10)20-14(16-18-19-20)7-8-15-13-9-11(2)21-17-13/h3-9H,1-2H3,(H,15,17). The molecule has 3 aromatic rings. The van der Waals surface area contributed by atoms with Crippen molar-refractivity contribution in [2.24, 2.45) is 0 Å². The first-order valence-corrected chi connectivity index (χ1v) is 6.44. The Balaban J connectivity index is 1.77. The summed E-state index contributed by atoms with van der Waals surface area (Å²) in [6.45, 7) is 3.87. The first-order chi connectivity index (χ1) is 10.2. The van der Waals surface area contributed by atoms with Crippen LogP contribution in [0.2, 0.25) is 0 Å². The van der Waals surface area contributed by atoms with Gasteiger partial charge in [-0.05, 0) is 36.4 Å². The Morgan fingerprint density at radius 2 is 2.00 bits per heavy atom. The molecule has 0 saturated heterocycles. The van der Waals surface area contributed by atoms with Gasteiger partial charge in [0.1, 0.15) is 5.76 Å². The van der Waals surface area contributed by atoms with Crippen molar-refractivity contribution < 1.29 is 4.52 Å². The fraction of sp³-hybridized carbons (Fsp3) is 0.143. The van der Waals surface area contributed by atoms with Gasteiger partial charge in [-0.25, -0.2) is 0 Å². The maximum atomic E-state index is 4.96. The summed E-state index contributed by atoms with van der Waals surface area (Å²) in [5.41, 5.74) is 2.09. The van der Waals surface area contributed by atoms with Crippen LogP contribution in [-0.2, 0) is 0 Å².